The number of fused-ring (bicyclic) bond motifs is 1. The van der Waals surface area contributed by atoms with Gasteiger partial charge in [0.2, 0.25) is 0 Å². The van der Waals surface area contributed by atoms with Crippen LogP contribution in [0.3, 0.4) is 0 Å². The highest BCUT2D eigenvalue weighted by molar-refractivity contribution is 7.99. The lowest BCUT2D eigenvalue weighted by Crippen LogP contribution is -2.33. The minimum atomic E-state index is 0.0219. The van der Waals surface area contributed by atoms with Gasteiger partial charge in [0.15, 0.2) is 0 Å². The van der Waals surface area contributed by atoms with Gasteiger partial charge in [-0.05, 0) is 43.2 Å². The number of hydrogen-bond acceptors (Lipinski definition) is 3. The molecule has 5 heteroatoms. The molecular formula is C15H19N3OS. The van der Waals surface area contributed by atoms with Crippen molar-refractivity contribution in [2.24, 2.45) is 0 Å². The predicted molar refractivity (Wildman–Crippen MR) is 83.1 cm³/mol. The van der Waals surface area contributed by atoms with Crippen LogP contribution in [0.25, 0.3) is 11.0 Å². The number of nitrogens with one attached hydrogen (secondary N) is 2. The van der Waals surface area contributed by atoms with Crippen molar-refractivity contribution < 1.29 is 4.79 Å². The van der Waals surface area contributed by atoms with Gasteiger partial charge in [-0.2, -0.15) is 11.8 Å². The van der Waals surface area contributed by atoms with Crippen LogP contribution in [0.1, 0.15) is 36.5 Å². The van der Waals surface area contributed by atoms with E-state index in [1.807, 2.05) is 30.0 Å². The van der Waals surface area contributed by atoms with Gasteiger partial charge in [0.1, 0.15) is 0 Å². The Labute approximate surface area is 122 Å². The lowest BCUT2D eigenvalue weighted by Gasteiger charge is -2.13. The zero-order chi connectivity index (χ0) is 13.9. The van der Waals surface area contributed by atoms with E-state index in [0.29, 0.717) is 16.9 Å². The van der Waals surface area contributed by atoms with Crippen molar-refractivity contribution in [3.8, 4) is 0 Å². The summed E-state index contributed by atoms with van der Waals surface area (Å²) in [5.41, 5.74) is 2.50. The van der Waals surface area contributed by atoms with E-state index < -0.39 is 0 Å². The summed E-state index contributed by atoms with van der Waals surface area (Å²) in [6, 6.07) is 5.91. The van der Waals surface area contributed by atoms with Crippen LogP contribution in [0.4, 0.5) is 0 Å². The molecule has 0 radical (unpaired) electrons. The van der Waals surface area contributed by atoms with Gasteiger partial charge < -0.3 is 10.3 Å². The molecule has 1 amide bonds. The molecule has 1 aliphatic carbocycles. The monoisotopic (exact) mass is 289 g/mol. The summed E-state index contributed by atoms with van der Waals surface area (Å²) in [7, 11) is 0. The van der Waals surface area contributed by atoms with Gasteiger partial charge in [0.25, 0.3) is 5.91 Å². The van der Waals surface area contributed by atoms with E-state index in [0.717, 1.165) is 29.6 Å². The van der Waals surface area contributed by atoms with Crippen molar-refractivity contribution >= 4 is 28.7 Å². The van der Waals surface area contributed by atoms with Crippen molar-refractivity contribution in [3.63, 3.8) is 0 Å². The van der Waals surface area contributed by atoms with Crippen molar-refractivity contribution in [1.82, 2.24) is 15.3 Å². The van der Waals surface area contributed by atoms with Gasteiger partial charge >= 0.3 is 0 Å². The van der Waals surface area contributed by atoms with Crippen LogP contribution in [-0.4, -0.2) is 32.9 Å². The van der Waals surface area contributed by atoms with Crippen LogP contribution in [-0.2, 0) is 0 Å². The normalized spacial score (nSPS) is 22.2. The number of aromatic nitrogens is 2. The van der Waals surface area contributed by atoms with Crippen LogP contribution in [0.5, 0.6) is 0 Å². The maximum Gasteiger partial charge on any atom is 0.251 e. The zero-order valence-electron chi connectivity index (χ0n) is 11.6. The number of benzene rings is 1. The Morgan fingerprint density at radius 3 is 3.25 bits per heavy atom. The van der Waals surface area contributed by atoms with E-state index in [4.69, 9.17) is 0 Å². The number of H-pyrrole nitrogens is 1. The van der Waals surface area contributed by atoms with Crippen molar-refractivity contribution in [3.05, 3.63) is 30.1 Å². The molecule has 0 aliphatic heterocycles. The number of amides is 1. The summed E-state index contributed by atoms with van der Waals surface area (Å²) in [5.74, 6) is 1.18. The Bertz CT molecular complexity index is 610. The first-order chi connectivity index (χ1) is 9.76. The Hall–Kier alpha value is -1.49. The summed E-state index contributed by atoms with van der Waals surface area (Å²) in [6.07, 6.45) is 5.05. The number of aromatic amines is 1. The quantitative estimate of drug-likeness (QED) is 0.909. The van der Waals surface area contributed by atoms with Crippen LogP contribution < -0.4 is 5.32 Å². The molecule has 2 N–H and O–H groups in total. The smallest absolute Gasteiger partial charge is 0.251 e. The van der Waals surface area contributed by atoms with E-state index in [1.54, 1.807) is 6.33 Å². The van der Waals surface area contributed by atoms with E-state index >= 15 is 0 Å². The second-order valence-corrected chi connectivity index (χ2v) is 6.77. The maximum absolute atomic E-state index is 12.3. The molecule has 1 aromatic carbocycles. The lowest BCUT2D eigenvalue weighted by molar-refractivity contribution is 0.0938. The SMILES string of the molecule is CCS[C@@H]1CC[C@H](NC(=O)c2ccc3nc[nH]c3c2)C1. The summed E-state index contributed by atoms with van der Waals surface area (Å²) in [4.78, 5) is 19.5. The predicted octanol–water partition coefficient (Wildman–Crippen LogP) is 2.97. The Kier molecular flexibility index (Phi) is 3.96. The average molecular weight is 289 g/mol. The molecule has 1 fully saturated rings. The third-order valence-corrected chi connectivity index (χ3v) is 5.04. The van der Waals surface area contributed by atoms with E-state index in [2.05, 4.69) is 22.2 Å². The fourth-order valence-electron chi connectivity index (χ4n) is 2.80. The fourth-order valence-corrected chi connectivity index (χ4v) is 3.95. The highest BCUT2D eigenvalue weighted by atomic mass is 32.2. The van der Waals surface area contributed by atoms with Gasteiger partial charge in [-0.15, -0.1) is 0 Å². The van der Waals surface area contributed by atoms with Crippen LogP contribution in [0.2, 0.25) is 0 Å². The lowest BCUT2D eigenvalue weighted by atomic mass is 10.1. The minimum absolute atomic E-state index is 0.0219. The molecule has 0 spiro atoms. The van der Waals surface area contributed by atoms with Gasteiger partial charge in [0.05, 0.1) is 17.4 Å². The third kappa shape index (κ3) is 2.82. The van der Waals surface area contributed by atoms with E-state index in [-0.39, 0.29) is 5.91 Å². The van der Waals surface area contributed by atoms with Crippen molar-refractivity contribution in [1.29, 1.82) is 0 Å². The van der Waals surface area contributed by atoms with Crippen molar-refractivity contribution in [2.75, 3.05) is 5.75 Å². The van der Waals surface area contributed by atoms with Crippen molar-refractivity contribution in [2.45, 2.75) is 37.5 Å². The largest absolute Gasteiger partial charge is 0.349 e. The third-order valence-electron chi connectivity index (χ3n) is 3.80. The van der Waals surface area contributed by atoms with Crippen LogP contribution >= 0.6 is 11.8 Å². The average Bonchev–Trinajstić information content (AvgIpc) is 3.07. The summed E-state index contributed by atoms with van der Waals surface area (Å²) in [5, 5.41) is 3.86. The minimum Gasteiger partial charge on any atom is -0.349 e. The number of carbonyl (C=O) groups excluding carboxylic acids is 1. The van der Waals surface area contributed by atoms with Crippen LogP contribution in [0.15, 0.2) is 24.5 Å². The first-order valence-electron chi connectivity index (χ1n) is 7.12. The molecule has 1 aromatic heterocycles. The summed E-state index contributed by atoms with van der Waals surface area (Å²) >= 11 is 2.00. The van der Waals surface area contributed by atoms with Gasteiger partial charge in [-0.1, -0.05) is 6.92 Å². The number of carbonyl (C=O) groups is 1. The van der Waals surface area contributed by atoms with Gasteiger partial charge in [-0.3, -0.25) is 4.79 Å². The molecule has 0 saturated heterocycles. The molecule has 20 heavy (non-hydrogen) atoms. The molecule has 1 heterocycles. The highest BCUT2D eigenvalue weighted by Crippen LogP contribution is 2.29. The molecule has 2 aromatic rings. The molecule has 0 bridgehead atoms. The van der Waals surface area contributed by atoms with E-state index in [1.165, 1.54) is 6.42 Å². The number of rotatable bonds is 4. The number of imidazole rings is 1. The molecule has 1 saturated carbocycles. The Morgan fingerprint density at radius 1 is 1.50 bits per heavy atom. The highest BCUT2D eigenvalue weighted by Gasteiger charge is 2.26. The summed E-state index contributed by atoms with van der Waals surface area (Å²) < 4.78 is 0. The first kappa shape index (κ1) is 13.5. The number of hydrogen-bond donors (Lipinski definition) is 2. The maximum atomic E-state index is 12.3. The van der Waals surface area contributed by atoms with Crippen LogP contribution in [0, 0.1) is 0 Å². The molecular weight excluding hydrogens is 270 g/mol. The molecule has 3 rings (SSSR count). The first-order valence-corrected chi connectivity index (χ1v) is 8.16. The topological polar surface area (TPSA) is 57.8 Å². The van der Waals surface area contributed by atoms with Gasteiger partial charge in [0, 0.05) is 16.9 Å². The molecule has 106 valence electrons. The fraction of sp³-hybridized carbons (Fsp3) is 0.467. The van der Waals surface area contributed by atoms with E-state index in [9.17, 15) is 4.79 Å². The zero-order valence-corrected chi connectivity index (χ0v) is 12.4. The number of thioether (sulfide) groups is 1. The standard InChI is InChI=1S/C15H19N3OS/c1-2-20-12-5-4-11(8-12)18-15(19)10-3-6-13-14(7-10)17-9-16-13/h3,6-7,9,11-12H,2,4-5,8H2,1H3,(H,16,17)(H,18,19)/t11-,12+/m0/s1. The Morgan fingerprint density at radius 2 is 2.40 bits per heavy atom. The summed E-state index contributed by atoms with van der Waals surface area (Å²) in [6.45, 7) is 2.19. The van der Waals surface area contributed by atoms with Gasteiger partial charge in [-0.25, -0.2) is 4.98 Å². The Balaban J connectivity index is 1.64. The second kappa shape index (κ2) is 5.87. The molecule has 1 aliphatic rings. The molecule has 4 nitrogen and oxygen atoms in total. The number of nitrogens with zero attached hydrogens (tertiary/aromatic N) is 1. The molecule has 2 atom stereocenters. The molecule has 0 unspecified atom stereocenters. The second-order valence-electron chi connectivity index (χ2n) is 5.20.